The van der Waals surface area contributed by atoms with Gasteiger partial charge in [-0.3, -0.25) is 4.79 Å². The van der Waals surface area contributed by atoms with Crippen LogP contribution in [0.15, 0.2) is 18.2 Å². The number of halogens is 1. The summed E-state index contributed by atoms with van der Waals surface area (Å²) in [6.07, 6.45) is 6.71. The molecule has 112 valence electrons. The Hall–Kier alpha value is -1.22. The monoisotopic (exact) mass is 296 g/mol. The Morgan fingerprint density at radius 3 is 2.60 bits per heavy atom. The highest BCUT2D eigenvalue weighted by Gasteiger charge is 2.04. The number of hydrogen-bond donors (Lipinski definition) is 2. The van der Waals surface area contributed by atoms with Gasteiger partial charge in [0.05, 0.1) is 10.7 Å². The smallest absolute Gasteiger partial charge is 0.224 e. The number of carbonyl (C=O) groups excluding carboxylic acids is 1. The van der Waals surface area contributed by atoms with Crippen molar-refractivity contribution in [3.8, 4) is 0 Å². The van der Waals surface area contributed by atoms with Crippen LogP contribution in [0.3, 0.4) is 0 Å². The largest absolute Gasteiger partial charge is 0.384 e. The first kappa shape index (κ1) is 16.8. The van der Waals surface area contributed by atoms with Crippen molar-refractivity contribution in [2.75, 3.05) is 17.2 Å². The zero-order chi connectivity index (χ0) is 14.8. The standard InChI is InChI=1S/C16H25ClN2O/c1-3-5-6-7-8-11-18-15-12-13(9-10-14(15)17)19-16(20)4-2/h9-10,12,18H,3-8,11H2,1-2H3,(H,19,20). The Labute approximate surface area is 127 Å². The molecule has 0 aliphatic carbocycles. The molecule has 0 aliphatic heterocycles. The van der Waals surface area contributed by atoms with Crippen molar-refractivity contribution in [3.63, 3.8) is 0 Å². The highest BCUT2D eigenvalue weighted by Crippen LogP contribution is 2.25. The predicted molar refractivity (Wildman–Crippen MR) is 87.6 cm³/mol. The van der Waals surface area contributed by atoms with Gasteiger partial charge in [-0.15, -0.1) is 0 Å². The third-order valence-corrected chi connectivity index (χ3v) is 3.50. The van der Waals surface area contributed by atoms with Gasteiger partial charge in [-0.05, 0) is 24.6 Å². The average Bonchev–Trinajstić information content (AvgIpc) is 2.45. The van der Waals surface area contributed by atoms with Crippen molar-refractivity contribution < 1.29 is 4.79 Å². The molecule has 3 nitrogen and oxygen atoms in total. The fraction of sp³-hybridized carbons (Fsp3) is 0.562. The highest BCUT2D eigenvalue weighted by atomic mass is 35.5. The minimum atomic E-state index is 0.0119. The van der Waals surface area contributed by atoms with Gasteiger partial charge in [0, 0.05) is 18.7 Å². The zero-order valence-corrected chi connectivity index (χ0v) is 13.2. The Morgan fingerprint density at radius 1 is 1.15 bits per heavy atom. The number of nitrogens with one attached hydrogen (secondary N) is 2. The molecule has 0 unspecified atom stereocenters. The van der Waals surface area contributed by atoms with E-state index in [9.17, 15) is 4.79 Å². The zero-order valence-electron chi connectivity index (χ0n) is 12.5. The van der Waals surface area contributed by atoms with Crippen LogP contribution in [-0.2, 0) is 4.79 Å². The molecule has 0 aromatic heterocycles. The number of hydrogen-bond acceptors (Lipinski definition) is 2. The van der Waals surface area contributed by atoms with Crippen molar-refractivity contribution in [2.45, 2.75) is 52.4 Å². The molecule has 20 heavy (non-hydrogen) atoms. The molecule has 0 saturated heterocycles. The molecule has 1 aromatic rings. The molecule has 2 N–H and O–H groups in total. The van der Waals surface area contributed by atoms with E-state index >= 15 is 0 Å². The molecule has 1 aromatic carbocycles. The van der Waals surface area contributed by atoms with Crippen LogP contribution in [0.2, 0.25) is 5.02 Å². The molecule has 1 amide bonds. The lowest BCUT2D eigenvalue weighted by molar-refractivity contribution is -0.115. The Bertz CT molecular complexity index is 421. The fourth-order valence-electron chi connectivity index (χ4n) is 1.94. The van der Waals surface area contributed by atoms with Gasteiger partial charge in [0.15, 0.2) is 0 Å². The second-order valence-electron chi connectivity index (χ2n) is 4.94. The lowest BCUT2D eigenvalue weighted by Gasteiger charge is -2.11. The second-order valence-corrected chi connectivity index (χ2v) is 5.34. The normalized spacial score (nSPS) is 10.3. The second kappa shape index (κ2) is 9.65. The van der Waals surface area contributed by atoms with Crippen LogP contribution in [0.1, 0.15) is 52.4 Å². The van der Waals surface area contributed by atoms with Crippen LogP contribution in [-0.4, -0.2) is 12.5 Å². The van der Waals surface area contributed by atoms with E-state index in [1.807, 2.05) is 25.1 Å². The molecule has 0 saturated carbocycles. The lowest BCUT2D eigenvalue weighted by Crippen LogP contribution is -2.10. The van der Waals surface area contributed by atoms with Gasteiger partial charge in [-0.25, -0.2) is 0 Å². The van der Waals surface area contributed by atoms with E-state index in [2.05, 4.69) is 17.6 Å². The van der Waals surface area contributed by atoms with Crippen LogP contribution in [0.5, 0.6) is 0 Å². The van der Waals surface area contributed by atoms with E-state index < -0.39 is 0 Å². The van der Waals surface area contributed by atoms with Crippen LogP contribution in [0, 0.1) is 0 Å². The van der Waals surface area contributed by atoms with Crippen molar-refractivity contribution in [1.29, 1.82) is 0 Å². The van der Waals surface area contributed by atoms with E-state index in [1.165, 1.54) is 25.7 Å². The van der Waals surface area contributed by atoms with Crippen molar-refractivity contribution >= 4 is 28.9 Å². The summed E-state index contributed by atoms with van der Waals surface area (Å²) >= 11 is 6.15. The summed E-state index contributed by atoms with van der Waals surface area (Å²) in [5.41, 5.74) is 1.67. The fourth-order valence-corrected chi connectivity index (χ4v) is 2.12. The summed E-state index contributed by atoms with van der Waals surface area (Å²) in [6.45, 7) is 4.96. The van der Waals surface area contributed by atoms with E-state index in [0.717, 1.165) is 24.3 Å². The average molecular weight is 297 g/mol. The number of anilines is 2. The number of carbonyl (C=O) groups is 1. The molecule has 1 rings (SSSR count). The molecule has 0 fully saturated rings. The van der Waals surface area contributed by atoms with E-state index in [4.69, 9.17) is 11.6 Å². The molecule has 0 atom stereocenters. The molecule has 0 aliphatic rings. The van der Waals surface area contributed by atoms with Crippen LogP contribution >= 0.6 is 11.6 Å². The Balaban J connectivity index is 2.43. The molecule has 0 bridgehead atoms. The van der Waals surface area contributed by atoms with Crippen LogP contribution in [0.4, 0.5) is 11.4 Å². The summed E-state index contributed by atoms with van der Waals surface area (Å²) in [4.78, 5) is 11.4. The SMILES string of the molecule is CCCCCCCNc1cc(NC(=O)CC)ccc1Cl. The molecule has 0 radical (unpaired) electrons. The van der Waals surface area contributed by atoms with Gasteiger partial charge < -0.3 is 10.6 Å². The van der Waals surface area contributed by atoms with Crippen molar-refractivity contribution in [1.82, 2.24) is 0 Å². The van der Waals surface area contributed by atoms with E-state index in [-0.39, 0.29) is 5.91 Å². The minimum Gasteiger partial charge on any atom is -0.384 e. The van der Waals surface area contributed by atoms with E-state index in [0.29, 0.717) is 11.4 Å². The topological polar surface area (TPSA) is 41.1 Å². The summed E-state index contributed by atoms with van der Waals surface area (Å²) in [5.74, 6) is 0.0119. The number of benzene rings is 1. The maximum Gasteiger partial charge on any atom is 0.224 e. The first-order valence-electron chi connectivity index (χ1n) is 7.50. The van der Waals surface area contributed by atoms with E-state index in [1.54, 1.807) is 0 Å². The summed E-state index contributed by atoms with van der Waals surface area (Å²) < 4.78 is 0. The number of rotatable bonds is 9. The minimum absolute atomic E-state index is 0.0119. The summed E-state index contributed by atoms with van der Waals surface area (Å²) in [5, 5.41) is 6.87. The first-order chi connectivity index (χ1) is 9.67. The lowest BCUT2D eigenvalue weighted by atomic mass is 10.1. The Kier molecular flexibility index (Phi) is 8.12. The van der Waals surface area contributed by atoms with Gasteiger partial charge >= 0.3 is 0 Å². The molecule has 4 heteroatoms. The van der Waals surface area contributed by atoms with Gasteiger partial charge in [0.25, 0.3) is 0 Å². The maximum absolute atomic E-state index is 11.4. The van der Waals surface area contributed by atoms with Gasteiger partial charge in [-0.2, -0.15) is 0 Å². The molecular weight excluding hydrogens is 272 g/mol. The summed E-state index contributed by atoms with van der Waals surface area (Å²) in [7, 11) is 0. The molecular formula is C16H25ClN2O. The van der Waals surface area contributed by atoms with Crippen LogP contribution in [0.25, 0.3) is 0 Å². The van der Waals surface area contributed by atoms with Crippen LogP contribution < -0.4 is 10.6 Å². The predicted octanol–water partition coefficient (Wildman–Crippen LogP) is 5.07. The van der Waals surface area contributed by atoms with Crippen molar-refractivity contribution in [3.05, 3.63) is 23.2 Å². The number of unbranched alkanes of at least 4 members (excludes halogenated alkanes) is 4. The number of amides is 1. The van der Waals surface area contributed by atoms with Gasteiger partial charge in [0.2, 0.25) is 5.91 Å². The quantitative estimate of drug-likeness (QED) is 0.625. The van der Waals surface area contributed by atoms with Gasteiger partial charge in [-0.1, -0.05) is 51.1 Å². The van der Waals surface area contributed by atoms with Gasteiger partial charge in [0.1, 0.15) is 0 Å². The molecule has 0 spiro atoms. The maximum atomic E-state index is 11.4. The third kappa shape index (κ3) is 6.29. The summed E-state index contributed by atoms with van der Waals surface area (Å²) in [6, 6.07) is 5.52. The van der Waals surface area contributed by atoms with Crippen molar-refractivity contribution in [2.24, 2.45) is 0 Å². The molecule has 0 heterocycles. The highest BCUT2D eigenvalue weighted by molar-refractivity contribution is 6.33. The third-order valence-electron chi connectivity index (χ3n) is 3.17. The Morgan fingerprint density at radius 2 is 1.90 bits per heavy atom. The first-order valence-corrected chi connectivity index (χ1v) is 7.88.